The van der Waals surface area contributed by atoms with Gasteiger partial charge >= 0.3 is 0 Å². The van der Waals surface area contributed by atoms with E-state index in [1.165, 1.54) is 0 Å². The molecule has 2 aliphatic carbocycles. The summed E-state index contributed by atoms with van der Waals surface area (Å²) in [6, 6.07) is 0. The van der Waals surface area contributed by atoms with Gasteiger partial charge in [0, 0.05) is 0 Å². The second-order valence-corrected chi connectivity index (χ2v) is 15.2. The molecule has 0 aromatic rings. The van der Waals surface area contributed by atoms with Crippen LogP contribution < -0.4 is 0 Å². The van der Waals surface area contributed by atoms with Crippen LogP contribution in [0, 0.1) is 30.3 Å². The van der Waals surface area contributed by atoms with E-state index in [0.717, 1.165) is 5.54 Å². The second-order valence-electron chi connectivity index (χ2n) is 6.18. The van der Waals surface area contributed by atoms with Gasteiger partial charge in [-0.15, -0.1) is 0 Å². The molecule has 0 N–H and O–H groups in total. The van der Waals surface area contributed by atoms with Crippen LogP contribution in [0.3, 0.4) is 0 Å². The highest BCUT2D eigenvalue weighted by Crippen LogP contribution is 2.59. The Morgan fingerprint density at radius 3 is 2.44 bits per heavy atom. The molecule has 3 aliphatic rings. The fraction of sp³-hybridized carbons (Fsp3) is 0.357. The van der Waals surface area contributed by atoms with Crippen molar-refractivity contribution in [1.82, 2.24) is 0 Å². The number of hydrogen-bond donors (Lipinski definition) is 0. The molecule has 0 spiro atoms. The van der Waals surface area contributed by atoms with Gasteiger partial charge in [0.1, 0.15) is 0 Å². The summed E-state index contributed by atoms with van der Waals surface area (Å²) in [7, 11) is -2.64. The lowest BCUT2D eigenvalue weighted by Gasteiger charge is -2.51. The van der Waals surface area contributed by atoms with E-state index < -0.39 is 16.1 Å². The maximum Gasteiger partial charge on any atom is 0.0828 e. The van der Waals surface area contributed by atoms with Gasteiger partial charge in [0.2, 0.25) is 0 Å². The fourth-order valence-corrected chi connectivity index (χ4v) is 13.7. The van der Waals surface area contributed by atoms with E-state index in [2.05, 4.69) is 63.7 Å². The highest BCUT2D eigenvalue weighted by Gasteiger charge is 2.58. The third-order valence-corrected chi connectivity index (χ3v) is 12.7. The largest absolute Gasteiger partial charge is 0.0828 e. The summed E-state index contributed by atoms with van der Waals surface area (Å²) in [6.45, 7) is 10.1. The maximum absolute atomic E-state index is 2.53. The average molecular weight is 243 g/mol. The maximum atomic E-state index is 2.53. The van der Waals surface area contributed by atoms with Crippen molar-refractivity contribution in [3.8, 4) is 0 Å². The first kappa shape index (κ1) is 11.0. The minimum atomic E-state index is -1.34. The Morgan fingerprint density at radius 2 is 1.69 bits per heavy atom. The minimum Gasteiger partial charge on any atom is -0.0804 e. The Morgan fingerprint density at radius 1 is 1.00 bits per heavy atom. The van der Waals surface area contributed by atoms with Crippen LogP contribution in [0.4, 0.5) is 0 Å². The van der Waals surface area contributed by atoms with Crippen LogP contribution in [-0.2, 0) is 0 Å². The van der Waals surface area contributed by atoms with Crippen LogP contribution in [0.15, 0.2) is 23.4 Å². The van der Waals surface area contributed by atoms with Crippen molar-refractivity contribution in [2.75, 3.05) is 0 Å². The van der Waals surface area contributed by atoms with Gasteiger partial charge in [0.05, 0.1) is 16.1 Å². The van der Waals surface area contributed by atoms with Gasteiger partial charge in [-0.2, -0.15) is 0 Å². The summed E-state index contributed by atoms with van der Waals surface area (Å²) in [5.41, 5.74) is 4.23. The summed E-state index contributed by atoms with van der Waals surface area (Å²) in [6.07, 6.45) is 14.3. The van der Waals surface area contributed by atoms with Gasteiger partial charge in [0.15, 0.2) is 0 Å². The smallest absolute Gasteiger partial charge is 0.0804 e. The van der Waals surface area contributed by atoms with Crippen molar-refractivity contribution in [2.45, 2.75) is 31.7 Å². The zero-order valence-electron chi connectivity index (χ0n) is 10.5. The predicted molar refractivity (Wildman–Crippen MR) is 75.3 cm³/mol. The molecule has 2 fully saturated rings. The molecule has 1 atom stereocenters. The zero-order valence-corrected chi connectivity index (χ0v) is 12.5. The van der Waals surface area contributed by atoms with Gasteiger partial charge in [0.25, 0.3) is 0 Å². The molecule has 0 amide bonds. The van der Waals surface area contributed by atoms with Crippen LogP contribution in [0.5, 0.6) is 0 Å². The zero-order chi connectivity index (χ0) is 11.6. The number of allylic oxidation sites excluding steroid dienone is 4. The van der Waals surface area contributed by atoms with E-state index in [-0.39, 0.29) is 0 Å². The molecule has 2 heteroatoms. The fourth-order valence-electron chi connectivity index (χ4n) is 3.55. The monoisotopic (exact) mass is 243 g/mol. The van der Waals surface area contributed by atoms with Gasteiger partial charge < -0.3 is 0 Å². The summed E-state index contributed by atoms with van der Waals surface area (Å²) in [5.74, 6) is 0. The molecule has 16 heavy (non-hydrogen) atoms. The van der Waals surface area contributed by atoms with Crippen molar-refractivity contribution in [3.63, 3.8) is 0 Å². The SMILES string of the molecule is C[Si]1(C)[C]2[CH][CH][CH][C]2[Si](C)(C)C2C=CC=C21. The van der Waals surface area contributed by atoms with E-state index in [4.69, 9.17) is 0 Å². The Kier molecular flexibility index (Phi) is 2.22. The normalized spacial score (nSPS) is 36.0. The molecule has 5 radical (unpaired) electrons. The lowest BCUT2D eigenvalue weighted by molar-refractivity contribution is 1.12. The van der Waals surface area contributed by atoms with Crippen LogP contribution >= 0.6 is 0 Å². The molecule has 0 bridgehead atoms. The lowest BCUT2D eigenvalue weighted by atomic mass is 10.3. The molecule has 1 saturated heterocycles. The van der Waals surface area contributed by atoms with Crippen LogP contribution in [0.2, 0.25) is 31.7 Å². The van der Waals surface area contributed by atoms with E-state index >= 15 is 0 Å². The third kappa shape index (κ3) is 1.20. The Bertz CT molecular complexity index is 376. The first-order valence-electron chi connectivity index (χ1n) is 6.11. The molecule has 83 valence electrons. The molecule has 1 unspecified atom stereocenters. The molecular weight excluding hydrogens is 224 g/mol. The molecule has 3 rings (SSSR count). The van der Waals surface area contributed by atoms with Gasteiger partial charge in [-0.05, 0) is 35.9 Å². The first-order chi connectivity index (χ1) is 7.45. The molecule has 0 aromatic heterocycles. The van der Waals surface area contributed by atoms with Crippen molar-refractivity contribution < 1.29 is 0 Å². The highest BCUT2D eigenvalue weighted by molar-refractivity contribution is 7.01. The molecule has 0 nitrogen and oxygen atoms in total. The molecular formula is C14H19Si2. The Labute approximate surface area is 102 Å². The van der Waals surface area contributed by atoms with E-state index in [9.17, 15) is 0 Å². The molecule has 1 heterocycles. The van der Waals surface area contributed by atoms with E-state index in [1.54, 1.807) is 16.3 Å². The summed E-state index contributed by atoms with van der Waals surface area (Å²) >= 11 is 0. The summed E-state index contributed by atoms with van der Waals surface area (Å²) in [5, 5.41) is 1.78. The molecule has 1 aliphatic heterocycles. The average Bonchev–Trinajstić information content (AvgIpc) is 2.86. The summed E-state index contributed by atoms with van der Waals surface area (Å²) < 4.78 is 0. The van der Waals surface area contributed by atoms with E-state index in [1.807, 2.05) is 0 Å². The topological polar surface area (TPSA) is 0 Å². The van der Waals surface area contributed by atoms with Gasteiger partial charge in [-0.25, -0.2) is 0 Å². The van der Waals surface area contributed by atoms with Crippen molar-refractivity contribution in [1.29, 1.82) is 0 Å². The summed E-state index contributed by atoms with van der Waals surface area (Å²) in [4.78, 5) is 0. The first-order valence-corrected chi connectivity index (χ1v) is 12.2. The lowest BCUT2D eigenvalue weighted by Crippen LogP contribution is -2.56. The Hall–Kier alpha value is -0.0862. The molecule has 0 aromatic carbocycles. The quantitative estimate of drug-likeness (QED) is 0.569. The highest BCUT2D eigenvalue weighted by atomic mass is 28.3. The van der Waals surface area contributed by atoms with Crippen molar-refractivity contribution >= 4 is 16.1 Å². The molecule has 1 saturated carbocycles. The number of rotatable bonds is 0. The van der Waals surface area contributed by atoms with Gasteiger partial charge in [-0.1, -0.05) is 49.6 Å². The standard InChI is InChI=1S/C14H19Si2/c1-15(2)11-7-5-9-13(11)16(3,4)14-10-6-8-12(14)15/h5-11H,1-4H3. The second kappa shape index (κ2) is 3.23. The minimum absolute atomic E-state index is 0.782. The van der Waals surface area contributed by atoms with Crippen LogP contribution in [0.1, 0.15) is 0 Å². The van der Waals surface area contributed by atoms with E-state index in [0.29, 0.717) is 0 Å². The van der Waals surface area contributed by atoms with Crippen molar-refractivity contribution in [3.05, 3.63) is 53.8 Å². The number of hydrogen-bond acceptors (Lipinski definition) is 0. The number of fused-ring (bicyclic) bond motifs is 2. The van der Waals surface area contributed by atoms with Gasteiger partial charge in [-0.3, -0.25) is 0 Å². The predicted octanol–water partition coefficient (Wildman–Crippen LogP) is 3.68. The van der Waals surface area contributed by atoms with Crippen molar-refractivity contribution in [2.24, 2.45) is 0 Å². The van der Waals surface area contributed by atoms with Crippen LogP contribution in [-0.4, -0.2) is 16.1 Å². The third-order valence-electron chi connectivity index (χ3n) is 4.60. The Balaban J connectivity index is 2.10. The van der Waals surface area contributed by atoms with Crippen LogP contribution in [0.25, 0.3) is 0 Å².